The number of nitrogens with zero attached hydrogens (tertiary/aromatic N) is 1. The molecule has 0 aromatic rings. The van der Waals surface area contributed by atoms with Gasteiger partial charge in [0.15, 0.2) is 0 Å². The Balaban J connectivity index is 2.58. The molecule has 1 saturated heterocycles. The molecule has 1 heterocycles. The fraction of sp³-hybridized carbons (Fsp3) is 0.714. The molecular formula is C7H11F2N3O2. The molecule has 14 heavy (non-hydrogen) atoms. The largest absolute Gasteiger partial charge is 0.342 e. The van der Waals surface area contributed by atoms with E-state index in [1.165, 1.54) is 5.43 Å². The van der Waals surface area contributed by atoms with E-state index < -0.39 is 18.4 Å². The Kier molecular flexibility index (Phi) is 3.00. The van der Waals surface area contributed by atoms with Crippen molar-refractivity contribution in [2.75, 3.05) is 13.1 Å². The number of likely N-dealkylation sites (tertiary alicyclic amines) is 1. The summed E-state index contributed by atoms with van der Waals surface area (Å²) in [6.45, 7) is -0.624. The highest BCUT2D eigenvalue weighted by molar-refractivity contribution is 5.84. The van der Waals surface area contributed by atoms with Gasteiger partial charge in [-0.1, -0.05) is 0 Å². The minimum Gasteiger partial charge on any atom is -0.336 e. The van der Waals surface area contributed by atoms with Gasteiger partial charge in [0.25, 0.3) is 0 Å². The van der Waals surface area contributed by atoms with Gasteiger partial charge in [0, 0.05) is 13.0 Å². The van der Waals surface area contributed by atoms with Crippen LogP contribution in [0.3, 0.4) is 0 Å². The van der Waals surface area contributed by atoms with Crippen LogP contribution in [-0.2, 0) is 9.59 Å². The van der Waals surface area contributed by atoms with Gasteiger partial charge in [-0.2, -0.15) is 8.78 Å². The Hall–Kier alpha value is -1.24. The average molecular weight is 207 g/mol. The fourth-order valence-corrected chi connectivity index (χ4v) is 1.29. The van der Waals surface area contributed by atoms with E-state index in [9.17, 15) is 18.4 Å². The number of amides is 2. The monoisotopic (exact) mass is 207 g/mol. The van der Waals surface area contributed by atoms with Crippen LogP contribution in [0.4, 0.5) is 8.78 Å². The molecule has 0 bridgehead atoms. The first-order valence-corrected chi connectivity index (χ1v) is 4.14. The third-order valence-electron chi connectivity index (χ3n) is 2.02. The first kappa shape index (κ1) is 10.8. The van der Waals surface area contributed by atoms with Crippen LogP contribution in [0.5, 0.6) is 0 Å². The Bertz CT molecular complexity index is 257. The van der Waals surface area contributed by atoms with Crippen LogP contribution in [0.1, 0.15) is 12.8 Å². The van der Waals surface area contributed by atoms with Gasteiger partial charge in [0.05, 0.1) is 6.54 Å². The van der Waals surface area contributed by atoms with Crippen LogP contribution in [0, 0.1) is 0 Å². The Morgan fingerprint density at radius 1 is 1.64 bits per heavy atom. The summed E-state index contributed by atoms with van der Waals surface area (Å²) >= 11 is 0. The van der Waals surface area contributed by atoms with Crippen molar-refractivity contribution in [2.24, 2.45) is 5.84 Å². The molecule has 1 aliphatic heterocycles. The van der Waals surface area contributed by atoms with E-state index in [-0.39, 0.29) is 18.9 Å². The first-order valence-electron chi connectivity index (χ1n) is 4.14. The lowest BCUT2D eigenvalue weighted by molar-refractivity contribution is -0.150. The minimum atomic E-state index is -3.62. The second kappa shape index (κ2) is 3.87. The zero-order valence-corrected chi connectivity index (χ0v) is 7.43. The summed E-state index contributed by atoms with van der Waals surface area (Å²) < 4.78 is 25.9. The average Bonchev–Trinajstić information content (AvgIpc) is 2.50. The molecule has 0 aliphatic carbocycles. The minimum absolute atomic E-state index is 0.264. The summed E-state index contributed by atoms with van der Waals surface area (Å²) in [6, 6.07) is 0. The second-order valence-corrected chi connectivity index (χ2v) is 3.10. The summed E-state index contributed by atoms with van der Waals surface area (Å²) in [7, 11) is 0. The van der Waals surface area contributed by atoms with E-state index in [0.717, 1.165) is 4.90 Å². The predicted molar refractivity (Wildman–Crippen MR) is 43.1 cm³/mol. The third-order valence-corrected chi connectivity index (χ3v) is 2.02. The number of hydrazine groups is 1. The predicted octanol–water partition coefficient (Wildman–Crippen LogP) is -0.766. The first-order chi connectivity index (χ1) is 6.47. The van der Waals surface area contributed by atoms with E-state index in [1.807, 2.05) is 0 Å². The lowest BCUT2D eigenvalue weighted by atomic mass is 10.3. The van der Waals surface area contributed by atoms with Crippen molar-refractivity contribution >= 4 is 11.8 Å². The maximum Gasteiger partial charge on any atom is 0.342 e. The molecule has 1 fully saturated rings. The molecule has 0 aromatic heterocycles. The van der Waals surface area contributed by atoms with Crippen LogP contribution < -0.4 is 11.3 Å². The highest BCUT2D eigenvalue weighted by Gasteiger charge is 2.42. The SMILES string of the molecule is NNC(=O)C(F)(F)CN1CCCC1=O. The highest BCUT2D eigenvalue weighted by atomic mass is 19.3. The lowest BCUT2D eigenvalue weighted by Crippen LogP contribution is -2.50. The molecule has 2 amide bonds. The number of hydrogen-bond donors (Lipinski definition) is 2. The van der Waals surface area contributed by atoms with Gasteiger partial charge >= 0.3 is 11.8 Å². The molecule has 0 aromatic carbocycles. The molecule has 0 spiro atoms. The van der Waals surface area contributed by atoms with Crippen molar-refractivity contribution in [3.63, 3.8) is 0 Å². The summed E-state index contributed by atoms with van der Waals surface area (Å²) in [6.07, 6.45) is 0.819. The maximum atomic E-state index is 13.0. The number of nitrogens with one attached hydrogen (secondary N) is 1. The van der Waals surface area contributed by atoms with Crippen molar-refractivity contribution in [2.45, 2.75) is 18.8 Å². The third kappa shape index (κ3) is 2.16. The smallest absolute Gasteiger partial charge is 0.336 e. The van der Waals surface area contributed by atoms with Crippen LogP contribution >= 0.6 is 0 Å². The zero-order valence-electron chi connectivity index (χ0n) is 7.43. The Morgan fingerprint density at radius 2 is 2.29 bits per heavy atom. The van der Waals surface area contributed by atoms with Crippen molar-refractivity contribution in [1.29, 1.82) is 0 Å². The number of hydrogen-bond acceptors (Lipinski definition) is 3. The summed E-state index contributed by atoms with van der Waals surface area (Å²) in [5, 5.41) is 0. The van der Waals surface area contributed by atoms with Crippen molar-refractivity contribution in [3.05, 3.63) is 0 Å². The van der Waals surface area contributed by atoms with Gasteiger partial charge in [-0.25, -0.2) is 5.84 Å². The van der Waals surface area contributed by atoms with Crippen LogP contribution in [0.2, 0.25) is 0 Å². The standard InChI is InChI=1S/C7H11F2N3O2/c8-7(9,6(14)11-10)4-12-3-1-2-5(12)13/h1-4,10H2,(H,11,14). The number of halogens is 2. The van der Waals surface area contributed by atoms with Gasteiger partial charge in [-0.3, -0.25) is 15.0 Å². The van der Waals surface area contributed by atoms with E-state index >= 15 is 0 Å². The fourth-order valence-electron chi connectivity index (χ4n) is 1.29. The van der Waals surface area contributed by atoms with Crippen LogP contribution in [0.25, 0.3) is 0 Å². The number of carbonyl (C=O) groups is 2. The lowest BCUT2D eigenvalue weighted by Gasteiger charge is -2.21. The molecular weight excluding hydrogens is 196 g/mol. The van der Waals surface area contributed by atoms with E-state index in [4.69, 9.17) is 0 Å². The highest BCUT2D eigenvalue weighted by Crippen LogP contribution is 2.19. The van der Waals surface area contributed by atoms with Gasteiger partial charge < -0.3 is 4.90 Å². The van der Waals surface area contributed by atoms with Crippen molar-refractivity contribution in [3.8, 4) is 0 Å². The normalized spacial score (nSPS) is 17.4. The summed E-state index contributed by atoms with van der Waals surface area (Å²) in [4.78, 5) is 22.6. The molecule has 5 nitrogen and oxygen atoms in total. The van der Waals surface area contributed by atoms with E-state index in [0.29, 0.717) is 6.42 Å². The second-order valence-electron chi connectivity index (χ2n) is 3.10. The van der Waals surface area contributed by atoms with Gasteiger partial charge in [-0.15, -0.1) is 0 Å². The molecule has 0 unspecified atom stereocenters. The van der Waals surface area contributed by atoms with E-state index in [2.05, 4.69) is 5.84 Å². The molecule has 0 saturated carbocycles. The maximum absolute atomic E-state index is 13.0. The number of nitrogens with two attached hydrogens (primary N) is 1. The van der Waals surface area contributed by atoms with Gasteiger partial charge in [0.2, 0.25) is 5.91 Å². The summed E-state index contributed by atoms with van der Waals surface area (Å²) in [5.74, 6) is -0.957. The zero-order chi connectivity index (χ0) is 10.8. The Labute approximate surface area is 79.2 Å². The molecule has 1 rings (SSSR count). The molecule has 0 radical (unpaired) electrons. The van der Waals surface area contributed by atoms with Crippen LogP contribution in [0.15, 0.2) is 0 Å². The molecule has 3 N–H and O–H groups in total. The summed E-state index contributed by atoms with van der Waals surface area (Å²) in [5.41, 5.74) is 1.37. The van der Waals surface area contributed by atoms with Crippen LogP contribution in [-0.4, -0.2) is 35.7 Å². The number of rotatable bonds is 3. The molecule has 80 valence electrons. The molecule has 7 heteroatoms. The quantitative estimate of drug-likeness (QED) is 0.362. The van der Waals surface area contributed by atoms with Crippen molar-refractivity contribution < 1.29 is 18.4 Å². The topological polar surface area (TPSA) is 75.4 Å². The van der Waals surface area contributed by atoms with Gasteiger partial charge in [0.1, 0.15) is 0 Å². The van der Waals surface area contributed by atoms with Crippen molar-refractivity contribution in [1.82, 2.24) is 10.3 Å². The number of alkyl halides is 2. The van der Waals surface area contributed by atoms with E-state index in [1.54, 1.807) is 0 Å². The number of carbonyl (C=O) groups excluding carboxylic acids is 2. The van der Waals surface area contributed by atoms with Gasteiger partial charge in [-0.05, 0) is 6.42 Å². The molecule has 1 aliphatic rings. The Morgan fingerprint density at radius 3 is 2.71 bits per heavy atom. The molecule has 0 atom stereocenters.